The molecule has 0 aliphatic heterocycles. The minimum atomic E-state index is -0.639. The first kappa shape index (κ1) is 18.3. The van der Waals surface area contributed by atoms with Crippen LogP contribution in [0.25, 0.3) is 11.1 Å². The second-order valence-corrected chi connectivity index (χ2v) is 5.40. The molecule has 7 nitrogen and oxygen atoms in total. The van der Waals surface area contributed by atoms with E-state index in [-0.39, 0.29) is 36.4 Å². The molecule has 0 radical (unpaired) electrons. The minimum Gasteiger partial charge on any atom is -0.461 e. The van der Waals surface area contributed by atoms with E-state index in [2.05, 4.69) is 4.98 Å². The molecule has 0 spiro atoms. The van der Waals surface area contributed by atoms with Crippen LogP contribution in [0.3, 0.4) is 0 Å². The van der Waals surface area contributed by atoms with Crippen molar-refractivity contribution in [2.45, 2.75) is 26.7 Å². The van der Waals surface area contributed by atoms with Gasteiger partial charge in [0.15, 0.2) is 0 Å². The molecule has 1 aromatic heterocycles. The van der Waals surface area contributed by atoms with E-state index in [0.29, 0.717) is 27.8 Å². The average Bonchev–Trinajstić information content (AvgIpc) is 2.88. The summed E-state index contributed by atoms with van der Waals surface area (Å²) in [6.07, 6.45) is 0. The summed E-state index contributed by atoms with van der Waals surface area (Å²) in [5, 5.41) is 28.7. The zero-order valence-corrected chi connectivity index (χ0v) is 13.9. The van der Waals surface area contributed by atoms with Gasteiger partial charge in [0, 0.05) is 5.56 Å². The zero-order chi connectivity index (χ0) is 17.9. The molecule has 0 aliphatic rings. The van der Waals surface area contributed by atoms with Crippen molar-refractivity contribution in [2.24, 2.45) is 0 Å². The van der Waals surface area contributed by atoms with E-state index in [9.17, 15) is 20.1 Å². The fourth-order valence-corrected chi connectivity index (χ4v) is 2.93. The number of H-pyrrole nitrogens is 1. The molecule has 6 N–H and O–H groups in total. The number of nitrogen functional groups attached to an aromatic ring is 1. The van der Waals surface area contributed by atoms with Crippen LogP contribution < -0.4 is 5.73 Å². The van der Waals surface area contributed by atoms with Crippen LogP contribution in [0.2, 0.25) is 5.02 Å². The van der Waals surface area contributed by atoms with Crippen LogP contribution in [-0.4, -0.2) is 32.9 Å². The summed E-state index contributed by atoms with van der Waals surface area (Å²) in [6.45, 7) is 0.809. The van der Waals surface area contributed by atoms with Gasteiger partial charge in [0.2, 0.25) is 0 Å². The maximum atomic E-state index is 11.9. The smallest absolute Gasteiger partial charge is 0.356 e. The van der Waals surface area contributed by atoms with Crippen LogP contribution >= 0.6 is 11.6 Å². The van der Waals surface area contributed by atoms with Crippen LogP contribution in [0.15, 0.2) is 12.1 Å². The SMILES string of the molecule is CCOC(=O)c1[nH]c(N)c(-c2ccc(CO)c(CO)c2CO)c1Cl. The maximum Gasteiger partial charge on any atom is 0.356 e. The van der Waals surface area contributed by atoms with Crippen molar-refractivity contribution in [3.63, 3.8) is 0 Å². The highest BCUT2D eigenvalue weighted by Crippen LogP contribution is 2.39. The first-order chi connectivity index (χ1) is 11.5. The number of hydrogen-bond acceptors (Lipinski definition) is 6. The highest BCUT2D eigenvalue weighted by Gasteiger charge is 2.24. The van der Waals surface area contributed by atoms with Crippen LogP contribution in [0, 0.1) is 0 Å². The third kappa shape index (κ3) is 3.11. The molecular weight excluding hydrogens is 336 g/mol. The quantitative estimate of drug-likeness (QED) is 0.501. The van der Waals surface area contributed by atoms with Gasteiger partial charge in [-0.05, 0) is 29.2 Å². The molecule has 0 amide bonds. The van der Waals surface area contributed by atoms with E-state index in [1.165, 1.54) is 0 Å². The lowest BCUT2D eigenvalue weighted by molar-refractivity contribution is 0.0520. The third-order valence-electron chi connectivity index (χ3n) is 3.73. The molecule has 1 aromatic carbocycles. The number of nitrogens with two attached hydrogens (primary N) is 1. The Morgan fingerprint density at radius 2 is 1.88 bits per heavy atom. The van der Waals surface area contributed by atoms with Gasteiger partial charge in [0.1, 0.15) is 11.5 Å². The standard InChI is InChI=1S/C16H19ClN2O5/c1-2-24-16(23)14-13(17)12(15(18)19-14)9-4-3-8(5-20)10(6-21)11(9)7-22/h3-4,19-22H,2,5-7,18H2,1H3. The van der Waals surface area contributed by atoms with Gasteiger partial charge in [-0.3, -0.25) is 0 Å². The Balaban J connectivity index is 2.67. The highest BCUT2D eigenvalue weighted by molar-refractivity contribution is 6.37. The Morgan fingerprint density at radius 3 is 2.42 bits per heavy atom. The lowest BCUT2D eigenvalue weighted by atomic mass is 9.93. The Bertz CT molecular complexity index is 757. The van der Waals surface area contributed by atoms with Crippen molar-refractivity contribution >= 4 is 23.4 Å². The van der Waals surface area contributed by atoms with Gasteiger partial charge >= 0.3 is 5.97 Å². The number of benzene rings is 1. The molecule has 0 aliphatic carbocycles. The molecule has 2 rings (SSSR count). The summed E-state index contributed by atoms with van der Waals surface area (Å²) in [5.74, 6) is -0.501. The number of anilines is 1. The van der Waals surface area contributed by atoms with Crippen LogP contribution in [0.5, 0.6) is 0 Å². The minimum absolute atomic E-state index is 0.0201. The summed E-state index contributed by atoms with van der Waals surface area (Å²) < 4.78 is 4.92. The topological polar surface area (TPSA) is 129 Å². The van der Waals surface area contributed by atoms with Crippen molar-refractivity contribution in [1.29, 1.82) is 0 Å². The summed E-state index contributed by atoms with van der Waals surface area (Å²) >= 11 is 6.29. The number of aliphatic hydroxyl groups is 3. The summed E-state index contributed by atoms with van der Waals surface area (Å²) in [5.41, 5.74) is 8.04. The van der Waals surface area contributed by atoms with Gasteiger partial charge in [-0.15, -0.1) is 0 Å². The van der Waals surface area contributed by atoms with Gasteiger partial charge in [-0.25, -0.2) is 4.79 Å². The molecule has 130 valence electrons. The van der Waals surface area contributed by atoms with Crippen molar-refractivity contribution in [3.05, 3.63) is 39.5 Å². The van der Waals surface area contributed by atoms with E-state index in [1.54, 1.807) is 19.1 Å². The second-order valence-electron chi connectivity index (χ2n) is 5.03. The van der Waals surface area contributed by atoms with Crippen LogP contribution in [-0.2, 0) is 24.6 Å². The number of halogens is 1. The van der Waals surface area contributed by atoms with Crippen molar-refractivity contribution in [3.8, 4) is 11.1 Å². The lowest BCUT2D eigenvalue weighted by Gasteiger charge is -2.15. The molecule has 0 saturated heterocycles. The number of esters is 1. The van der Waals surface area contributed by atoms with Crippen molar-refractivity contribution < 1.29 is 24.9 Å². The van der Waals surface area contributed by atoms with Gasteiger partial charge in [-0.2, -0.15) is 0 Å². The first-order valence-electron chi connectivity index (χ1n) is 7.30. The molecular formula is C16H19ClN2O5. The molecule has 0 atom stereocenters. The fourth-order valence-electron chi connectivity index (χ4n) is 2.60. The molecule has 8 heteroatoms. The molecule has 0 unspecified atom stereocenters. The highest BCUT2D eigenvalue weighted by atomic mass is 35.5. The number of nitrogens with one attached hydrogen (secondary N) is 1. The molecule has 0 saturated carbocycles. The predicted octanol–water partition coefficient (Wildman–Crippen LogP) is 1.57. The van der Waals surface area contributed by atoms with E-state index in [1.807, 2.05) is 0 Å². The number of carbonyl (C=O) groups excluding carboxylic acids is 1. The molecule has 2 aromatic rings. The largest absolute Gasteiger partial charge is 0.461 e. The second kappa shape index (κ2) is 7.67. The monoisotopic (exact) mass is 354 g/mol. The van der Waals surface area contributed by atoms with Crippen molar-refractivity contribution in [2.75, 3.05) is 12.3 Å². The van der Waals surface area contributed by atoms with E-state index in [0.717, 1.165) is 0 Å². The number of rotatable bonds is 6. The number of aliphatic hydroxyl groups excluding tert-OH is 3. The van der Waals surface area contributed by atoms with Crippen LogP contribution in [0.1, 0.15) is 34.1 Å². The van der Waals surface area contributed by atoms with Crippen molar-refractivity contribution in [1.82, 2.24) is 4.98 Å². The number of carbonyl (C=O) groups is 1. The molecule has 1 heterocycles. The predicted molar refractivity (Wildman–Crippen MR) is 89.4 cm³/mol. The number of ether oxygens (including phenoxy) is 1. The maximum absolute atomic E-state index is 11.9. The fraction of sp³-hybridized carbons (Fsp3) is 0.312. The number of aromatic amines is 1. The Hall–Kier alpha value is -2.06. The average molecular weight is 355 g/mol. The van der Waals surface area contributed by atoms with Gasteiger partial charge < -0.3 is 30.8 Å². The molecule has 24 heavy (non-hydrogen) atoms. The van der Waals surface area contributed by atoms with Gasteiger partial charge in [-0.1, -0.05) is 23.7 Å². The molecule has 0 bridgehead atoms. The Kier molecular flexibility index (Phi) is 5.84. The molecule has 0 fully saturated rings. The van der Waals surface area contributed by atoms with E-state index in [4.69, 9.17) is 22.1 Å². The summed E-state index contributed by atoms with van der Waals surface area (Å²) in [4.78, 5) is 14.6. The summed E-state index contributed by atoms with van der Waals surface area (Å²) in [6, 6.07) is 3.23. The van der Waals surface area contributed by atoms with E-state index >= 15 is 0 Å². The first-order valence-corrected chi connectivity index (χ1v) is 7.68. The number of aromatic nitrogens is 1. The number of hydrogen-bond donors (Lipinski definition) is 5. The van der Waals surface area contributed by atoms with Gasteiger partial charge in [0.25, 0.3) is 0 Å². The normalized spacial score (nSPS) is 10.9. The van der Waals surface area contributed by atoms with Gasteiger partial charge in [0.05, 0.1) is 31.5 Å². The Morgan fingerprint density at radius 1 is 1.21 bits per heavy atom. The van der Waals surface area contributed by atoms with E-state index < -0.39 is 12.6 Å². The Labute approximate surface area is 143 Å². The van der Waals surface area contributed by atoms with Crippen LogP contribution in [0.4, 0.5) is 5.82 Å². The zero-order valence-electron chi connectivity index (χ0n) is 13.1. The third-order valence-corrected chi connectivity index (χ3v) is 4.11. The lowest BCUT2D eigenvalue weighted by Crippen LogP contribution is -2.05. The summed E-state index contributed by atoms with van der Waals surface area (Å²) in [7, 11) is 0.